The Balaban J connectivity index is 2.65. The van der Waals surface area contributed by atoms with Crippen LogP contribution in [0.25, 0.3) is 10.6 Å². The summed E-state index contributed by atoms with van der Waals surface area (Å²) in [6.07, 6.45) is 0. The molecule has 2 heterocycles. The van der Waals surface area contributed by atoms with Gasteiger partial charge in [0, 0.05) is 12.2 Å². The van der Waals surface area contributed by atoms with Crippen molar-refractivity contribution in [2.24, 2.45) is 5.92 Å². The van der Waals surface area contributed by atoms with E-state index in [-0.39, 0.29) is 5.56 Å². The van der Waals surface area contributed by atoms with Gasteiger partial charge in [-0.05, 0) is 31.4 Å². The van der Waals surface area contributed by atoms with E-state index < -0.39 is 0 Å². The molecule has 0 spiro atoms. The predicted molar refractivity (Wildman–Crippen MR) is 78.3 cm³/mol. The summed E-state index contributed by atoms with van der Waals surface area (Å²) in [6, 6.07) is 2.01. The maximum Gasteiger partial charge on any atom is 0.261 e. The van der Waals surface area contributed by atoms with Crippen molar-refractivity contribution in [2.45, 2.75) is 34.2 Å². The van der Waals surface area contributed by atoms with Gasteiger partial charge >= 0.3 is 0 Å². The van der Waals surface area contributed by atoms with E-state index in [0.717, 1.165) is 11.3 Å². The highest BCUT2D eigenvalue weighted by atomic mass is 32.1. The van der Waals surface area contributed by atoms with E-state index in [4.69, 9.17) is 5.73 Å². The fraction of sp³-hybridized carbons (Fsp3) is 0.462. The summed E-state index contributed by atoms with van der Waals surface area (Å²) in [5.74, 6) is 0.409. The summed E-state index contributed by atoms with van der Waals surface area (Å²) in [5, 5.41) is 8.75. The highest BCUT2D eigenvalue weighted by molar-refractivity contribution is 7.18. The average Bonchev–Trinajstić information content (AvgIpc) is 2.70. The molecule has 6 heteroatoms. The third-order valence-electron chi connectivity index (χ3n) is 2.91. The number of nitrogens with two attached hydrogens (primary N) is 1. The Bertz CT molecular complexity index is 657. The average molecular weight is 278 g/mol. The number of hydrogen-bond donors (Lipinski definition) is 1. The summed E-state index contributed by atoms with van der Waals surface area (Å²) >= 11 is 1.24. The molecule has 0 aliphatic heterocycles. The van der Waals surface area contributed by atoms with Crippen LogP contribution in [0.15, 0.2) is 10.9 Å². The summed E-state index contributed by atoms with van der Waals surface area (Å²) in [4.78, 5) is 12.6. The van der Waals surface area contributed by atoms with Crippen molar-refractivity contribution in [2.75, 3.05) is 5.73 Å². The fourth-order valence-electron chi connectivity index (χ4n) is 2.12. The molecule has 0 bridgehead atoms. The van der Waals surface area contributed by atoms with E-state index >= 15 is 0 Å². The van der Waals surface area contributed by atoms with Crippen molar-refractivity contribution in [3.05, 3.63) is 27.7 Å². The SMILES string of the molecule is Cc1cc(C)n(CC(C)C)c(=O)c1-c1nnc(N)s1. The van der Waals surface area contributed by atoms with Gasteiger partial charge in [-0.1, -0.05) is 25.2 Å². The first kappa shape index (κ1) is 13.7. The number of hydrogen-bond acceptors (Lipinski definition) is 5. The molecule has 2 aromatic rings. The van der Waals surface area contributed by atoms with E-state index in [1.54, 1.807) is 4.57 Å². The Morgan fingerprint density at radius 1 is 1.37 bits per heavy atom. The minimum atomic E-state index is -0.0117. The number of anilines is 1. The smallest absolute Gasteiger partial charge is 0.261 e. The third kappa shape index (κ3) is 2.68. The van der Waals surface area contributed by atoms with Crippen LogP contribution in [0.4, 0.5) is 5.13 Å². The summed E-state index contributed by atoms with van der Waals surface area (Å²) in [6.45, 7) is 8.75. The topological polar surface area (TPSA) is 73.8 Å². The van der Waals surface area contributed by atoms with Gasteiger partial charge in [0.2, 0.25) is 5.13 Å². The molecule has 0 fully saturated rings. The van der Waals surface area contributed by atoms with Crippen molar-refractivity contribution >= 4 is 16.5 Å². The molecular formula is C13H18N4OS. The zero-order valence-electron chi connectivity index (χ0n) is 11.6. The van der Waals surface area contributed by atoms with Gasteiger partial charge in [0.25, 0.3) is 5.56 Å². The number of aryl methyl sites for hydroxylation is 2. The summed E-state index contributed by atoms with van der Waals surface area (Å²) in [7, 11) is 0. The minimum absolute atomic E-state index is 0.0117. The van der Waals surface area contributed by atoms with E-state index in [9.17, 15) is 4.79 Å². The van der Waals surface area contributed by atoms with Gasteiger partial charge in [0.15, 0.2) is 5.01 Å². The molecule has 0 atom stereocenters. The molecule has 0 aliphatic carbocycles. The lowest BCUT2D eigenvalue weighted by molar-refractivity contribution is 0.502. The second-order valence-electron chi connectivity index (χ2n) is 5.10. The normalized spacial score (nSPS) is 11.2. The van der Waals surface area contributed by atoms with E-state index in [0.29, 0.717) is 28.2 Å². The van der Waals surface area contributed by atoms with Crippen LogP contribution in [-0.2, 0) is 6.54 Å². The van der Waals surface area contributed by atoms with Crippen molar-refractivity contribution in [1.29, 1.82) is 0 Å². The zero-order valence-corrected chi connectivity index (χ0v) is 12.4. The maximum atomic E-state index is 12.6. The first-order valence-electron chi connectivity index (χ1n) is 6.20. The molecule has 0 saturated carbocycles. The van der Waals surface area contributed by atoms with Gasteiger partial charge in [0.1, 0.15) is 0 Å². The number of aromatic nitrogens is 3. The second kappa shape index (κ2) is 5.13. The van der Waals surface area contributed by atoms with Crippen LogP contribution in [0, 0.1) is 19.8 Å². The molecule has 2 aromatic heterocycles. The molecule has 0 aromatic carbocycles. The number of nitrogen functional groups attached to an aromatic ring is 1. The van der Waals surface area contributed by atoms with E-state index in [1.165, 1.54) is 11.3 Å². The molecular weight excluding hydrogens is 260 g/mol. The number of nitrogens with zero attached hydrogens (tertiary/aromatic N) is 3. The fourth-order valence-corrected chi connectivity index (χ4v) is 2.83. The van der Waals surface area contributed by atoms with Gasteiger partial charge in [-0.25, -0.2) is 0 Å². The van der Waals surface area contributed by atoms with Gasteiger partial charge in [-0.2, -0.15) is 0 Å². The second-order valence-corrected chi connectivity index (χ2v) is 6.11. The minimum Gasteiger partial charge on any atom is -0.374 e. The van der Waals surface area contributed by atoms with Crippen LogP contribution >= 0.6 is 11.3 Å². The van der Waals surface area contributed by atoms with Gasteiger partial charge in [0.05, 0.1) is 5.56 Å². The molecule has 0 radical (unpaired) electrons. The number of pyridine rings is 1. The molecule has 0 unspecified atom stereocenters. The standard InChI is InChI=1S/C13H18N4OS/c1-7(2)6-17-9(4)5-8(3)10(12(17)18)11-15-16-13(14)19-11/h5,7H,6H2,1-4H3,(H2,14,16). The van der Waals surface area contributed by atoms with Crippen LogP contribution in [0.5, 0.6) is 0 Å². The lowest BCUT2D eigenvalue weighted by Crippen LogP contribution is -2.26. The first-order chi connectivity index (χ1) is 8.90. The van der Waals surface area contributed by atoms with Crippen LogP contribution in [0.1, 0.15) is 25.1 Å². The van der Waals surface area contributed by atoms with E-state index in [1.807, 2.05) is 19.9 Å². The molecule has 5 nitrogen and oxygen atoms in total. The Morgan fingerprint density at radius 3 is 2.58 bits per heavy atom. The third-order valence-corrected chi connectivity index (χ3v) is 3.68. The Hall–Kier alpha value is -1.69. The zero-order chi connectivity index (χ0) is 14.2. The predicted octanol–water partition coefficient (Wildman–Crippen LogP) is 2.22. The Labute approximate surface area is 116 Å². The van der Waals surface area contributed by atoms with Crippen molar-refractivity contribution in [3.8, 4) is 10.6 Å². The molecule has 0 amide bonds. The lowest BCUT2D eigenvalue weighted by atomic mass is 10.1. The van der Waals surface area contributed by atoms with E-state index in [2.05, 4.69) is 24.0 Å². The molecule has 0 aliphatic rings. The Kier molecular flexibility index (Phi) is 3.71. The van der Waals surface area contributed by atoms with Gasteiger partial charge in [-0.3, -0.25) is 4.79 Å². The largest absolute Gasteiger partial charge is 0.374 e. The number of rotatable bonds is 3. The summed E-state index contributed by atoms with van der Waals surface area (Å²) < 4.78 is 1.80. The monoisotopic (exact) mass is 278 g/mol. The quantitative estimate of drug-likeness (QED) is 0.934. The van der Waals surface area contributed by atoms with Gasteiger partial charge < -0.3 is 10.3 Å². The maximum absolute atomic E-state index is 12.6. The van der Waals surface area contributed by atoms with Crippen molar-refractivity contribution < 1.29 is 0 Å². The van der Waals surface area contributed by atoms with Crippen LogP contribution in [-0.4, -0.2) is 14.8 Å². The lowest BCUT2D eigenvalue weighted by Gasteiger charge is -2.15. The van der Waals surface area contributed by atoms with Crippen LogP contribution < -0.4 is 11.3 Å². The molecule has 19 heavy (non-hydrogen) atoms. The van der Waals surface area contributed by atoms with Crippen molar-refractivity contribution in [1.82, 2.24) is 14.8 Å². The summed E-state index contributed by atoms with van der Waals surface area (Å²) in [5.41, 5.74) is 8.09. The molecule has 2 N–H and O–H groups in total. The van der Waals surface area contributed by atoms with Crippen LogP contribution in [0.2, 0.25) is 0 Å². The Morgan fingerprint density at radius 2 is 2.05 bits per heavy atom. The van der Waals surface area contributed by atoms with Crippen molar-refractivity contribution in [3.63, 3.8) is 0 Å². The van der Waals surface area contributed by atoms with Crippen LogP contribution in [0.3, 0.4) is 0 Å². The molecule has 102 valence electrons. The van der Waals surface area contributed by atoms with Gasteiger partial charge in [-0.15, -0.1) is 10.2 Å². The highest BCUT2D eigenvalue weighted by Gasteiger charge is 2.16. The highest BCUT2D eigenvalue weighted by Crippen LogP contribution is 2.25. The molecule has 0 saturated heterocycles. The molecule has 2 rings (SSSR count). The first-order valence-corrected chi connectivity index (χ1v) is 7.02.